The third-order valence-corrected chi connectivity index (χ3v) is 3.13. The Morgan fingerprint density at radius 1 is 1.33 bits per heavy atom. The number of hydrogen-bond donors (Lipinski definition) is 2. The van der Waals surface area contributed by atoms with Gasteiger partial charge in [-0.1, -0.05) is 13.8 Å². The predicted molar refractivity (Wildman–Crippen MR) is 78.3 cm³/mol. The second-order valence-corrected chi connectivity index (χ2v) is 5.75. The highest BCUT2D eigenvalue weighted by atomic mass is 35.5. The Hall–Kier alpha value is -1.80. The zero-order valence-electron chi connectivity index (χ0n) is 12.0. The molecule has 2 aromatic heterocycles. The number of aromatic nitrogens is 6. The van der Waals surface area contributed by atoms with Crippen LogP contribution in [0, 0.1) is 5.41 Å². The lowest BCUT2D eigenvalue weighted by Gasteiger charge is -2.24. The van der Waals surface area contributed by atoms with Crippen LogP contribution in [0.1, 0.15) is 26.7 Å². The molecule has 0 saturated carbocycles. The van der Waals surface area contributed by atoms with Crippen molar-refractivity contribution in [3.63, 3.8) is 0 Å². The van der Waals surface area contributed by atoms with Gasteiger partial charge in [-0.2, -0.15) is 24.7 Å². The number of aliphatic hydroxyl groups excluding tert-OH is 1. The van der Waals surface area contributed by atoms with E-state index in [-0.39, 0.29) is 17.3 Å². The normalized spacial score (nSPS) is 11.6. The largest absolute Gasteiger partial charge is 0.396 e. The molecule has 8 nitrogen and oxygen atoms in total. The van der Waals surface area contributed by atoms with Gasteiger partial charge in [0.05, 0.1) is 0 Å². The number of halogens is 1. The third kappa shape index (κ3) is 4.61. The molecule has 0 aromatic carbocycles. The molecule has 0 unspecified atom stereocenters. The number of nitrogens with one attached hydrogen (secondary N) is 1. The van der Waals surface area contributed by atoms with Crippen molar-refractivity contribution in [2.75, 3.05) is 18.5 Å². The average Bonchev–Trinajstić information content (AvgIpc) is 2.97. The topological polar surface area (TPSA) is 102 Å². The van der Waals surface area contributed by atoms with Crippen molar-refractivity contribution in [3.05, 3.63) is 17.9 Å². The zero-order chi connectivity index (χ0) is 15.3. The summed E-state index contributed by atoms with van der Waals surface area (Å²) in [6, 6.07) is 0. The van der Waals surface area contributed by atoms with Crippen molar-refractivity contribution in [1.29, 1.82) is 0 Å². The van der Waals surface area contributed by atoms with Gasteiger partial charge in [-0.25, -0.2) is 4.98 Å². The fourth-order valence-electron chi connectivity index (χ4n) is 1.80. The maximum absolute atomic E-state index is 8.91. The van der Waals surface area contributed by atoms with Gasteiger partial charge in [0.2, 0.25) is 11.2 Å². The van der Waals surface area contributed by atoms with E-state index in [1.165, 1.54) is 17.3 Å². The van der Waals surface area contributed by atoms with E-state index in [1.54, 1.807) is 0 Å². The maximum atomic E-state index is 8.91. The van der Waals surface area contributed by atoms with Crippen LogP contribution in [-0.4, -0.2) is 48.0 Å². The molecule has 2 rings (SSSR count). The van der Waals surface area contributed by atoms with E-state index in [1.807, 2.05) is 0 Å². The molecule has 0 aliphatic heterocycles. The number of aliphatic hydroxyl groups is 1. The lowest BCUT2D eigenvalue weighted by molar-refractivity contribution is 0.247. The molecule has 0 bridgehead atoms. The van der Waals surface area contributed by atoms with Gasteiger partial charge in [0.1, 0.15) is 12.7 Å². The molecule has 21 heavy (non-hydrogen) atoms. The lowest BCUT2D eigenvalue weighted by Crippen LogP contribution is -2.24. The highest BCUT2D eigenvalue weighted by Gasteiger charge is 2.18. The van der Waals surface area contributed by atoms with Crippen LogP contribution in [0.4, 0.5) is 5.95 Å². The Labute approximate surface area is 127 Å². The van der Waals surface area contributed by atoms with Crippen LogP contribution in [0.5, 0.6) is 0 Å². The first-order valence-electron chi connectivity index (χ1n) is 6.61. The Morgan fingerprint density at radius 3 is 2.81 bits per heavy atom. The summed E-state index contributed by atoms with van der Waals surface area (Å²) in [7, 11) is 0. The molecule has 2 aromatic rings. The summed E-state index contributed by atoms with van der Waals surface area (Å²) in [5, 5.41) is 16.1. The number of hydrogen-bond acceptors (Lipinski definition) is 7. The van der Waals surface area contributed by atoms with E-state index in [0.717, 1.165) is 12.8 Å². The fraction of sp³-hybridized carbons (Fsp3) is 0.583. The van der Waals surface area contributed by atoms with Gasteiger partial charge in [-0.3, -0.25) is 0 Å². The summed E-state index contributed by atoms with van der Waals surface area (Å²) >= 11 is 5.90. The minimum absolute atomic E-state index is 0.00918. The van der Waals surface area contributed by atoms with E-state index in [9.17, 15) is 0 Å². The summed E-state index contributed by atoms with van der Waals surface area (Å²) in [4.78, 5) is 16.1. The van der Waals surface area contributed by atoms with Gasteiger partial charge in [-0.05, 0) is 29.9 Å². The van der Waals surface area contributed by atoms with E-state index in [0.29, 0.717) is 18.4 Å². The summed E-state index contributed by atoms with van der Waals surface area (Å²) in [5.41, 5.74) is 0.00918. The predicted octanol–water partition coefficient (Wildman–Crippen LogP) is 1.32. The van der Waals surface area contributed by atoms with Crippen LogP contribution in [-0.2, 0) is 0 Å². The second-order valence-electron chi connectivity index (χ2n) is 5.41. The molecule has 0 radical (unpaired) electrons. The molecule has 0 fully saturated rings. The maximum Gasteiger partial charge on any atom is 0.258 e. The van der Waals surface area contributed by atoms with E-state index >= 15 is 0 Å². The second kappa shape index (κ2) is 6.77. The molecule has 9 heteroatoms. The molecule has 0 saturated heterocycles. The van der Waals surface area contributed by atoms with Gasteiger partial charge >= 0.3 is 0 Å². The van der Waals surface area contributed by atoms with Crippen molar-refractivity contribution >= 4 is 17.5 Å². The Kier molecular flexibility index (Phi) is 5.03. The molecule has 0 aliphatic carbocycles. The van der Waals surface area contributed by atoms with Gasteiger partial charge in [0, 0.05) is 13.2 Å². The summed E-state index contributed by atoms with van der Waals surface area (Å²) in [6.45, 7) is 5.06. The average molecular weight is 312 g/mol. The Bertz CT molecular complexity index is 573. The van der Waals surface area contributed by atoms with Gasteiger partial charge < -0.3 is 10.4 Å². The highest BCUT2D eigenvalue weighted by molar-refractivity contribution is 6.28. The quantitative estimate of drug-likeness (QED) is 0.795. The number of rotatable bonds is 7. The van der Waals surface area contributed by atoms with Crippen LogP contribution < -0.4 is 5.32 Å². The number of anilines is 1. The Morgan fingerprint density at radius 2 is 2.14 bits per heavy atom. The van der Waals surface area contributed by atoms with Crippen LogP contribution >= 0.6 is 11.6 Å². The molecule has 2 N–H and O–H groups in total. The molecule has 0 spiro atoms. The van der Waals surface area contributed by atoms with E-state index in [4.69, 9.17) is 16.7 Å². The minimum atomic E-state index is 0.00918. The molecule has 0 amide bonds. The smallest absolute Gasteiger partial charge is 0.258 e. The van der Waals surface area contributed by atoms with Gasteiger partial charge in [0.15, 0.2) is 0 Å². The summed E-state index contributed by atoms with van der Waals surface area (Å²) in [5.74, 6) is 0.695. The van der Waals surface area contributed by atoms with Crippen molar-refractivity contribution in [2.45, 2.75) is 26.7 Å². The van der Waals surface area contributed by atoms with Crippen LogP contribution in [0.25, 0.3) is 5.95 Å². The van der Waals surface area contributed by atoms with Crippen LogP contribution in [0.3, 0.4) is 0 Å². The highest BCUT2D eigenvalue weighted by Crippen LogP contribution is 2.22. The lowest BCUT2D eigenvalue weighted by atomic mass is 9.88. The van der Waals surface area contributed by atoms with Crippen molar-refractivity contribution in [3.8, 4) is 5.95 Å². The van der Waals surface area contributed by atoms with E-state index in [2.05, 4.69) is 44.2 Å². The van der Waals surface area contributed by atoms with Gasteiger partial charge in [-0.15, -0.1) is 0 Å². The number of nitrogens with zero attached hydrogens (tertiary/aromatic N) is 6. The molecular formula is C12H18ClN7O. The van der Waals surface area contributed by atoms with Crippen molar-refractivity contribution in [1.82, 2.24) is 29.7 Å². The van der Waals surface area contributed by atoms with Crippen molar-refractivity contribution < 1.29 is 5.11 Å². The Balaban J connectivity index is 2.07. The third-order valence-electron chi connectivity index (χ3n) is 2.96. The molecule has 114 valence electrons. The van der Waals surface area contributed by atoms with Crippen LogP contribution in [0.2, 0.25) is 5.28 Å². The first kappa shape index (κ1) is 15.6. The molecular weight excluding hydrogens is 294 g/mol. The summed E-state index contributed by atoms with van der Waals surface area (Å²) in [6.07, 6.45) is 4.53. The zero-order valence-corrected chi connectivity index (χ0v) is 12.7. The first-order chi connectivity index (χ1) is 10.00. The minimum Gasteiger partial charge on any atom is -0.396 e. The fourth-order valence-corrected chi connectivity index (χ4v) is 1.95. The SMILES string of the molecule is CC(C)(CCCO)CNc1nc(Cl)nc(-n2cncn2)n1. The molecule has 0 atom stereocenters. The summed E-state index contributed by atoms with van der Waals surface area (Å²) < 4.78 is 1.41. The monoisotopic (exact) mass is 311 g/mol. The van der Waals surface area contributed by atoms with Gasteiger partial charge in [0.25, 0.3) is 5.95 Å². The standard InChI is InChI=1S/C12H18ClN7O/c1-12(2,4-3-5-21)6-15-10-17-9(13)18-11(19-10)20-8-14-7-16-20/h7-8,21H,3-6H2,1-2H3,(H,15,17,18,19). The molecule has 0 aliphatic rings. The first-order valence-corrected chi connectivity index (χ1v) is 6.99. The van der Waals surface area contributed by atoms with Crippen LogP contribution in [0.15, 0.2) is 12.7 Å². The van der Waals surface area contributed by atoms with Crippen molar-refractivity contribution in [2.24, 2.45) is 5.41 Å². The molecule has 2 heterocycles. The van der Waals surface area contributed by atoms with E-state index < -0.39 is 0 Å².